The molecule has 2 heterocycles. The molecule has 37 heavy (non-hydrogen) atoms. The summed E-state index contributed by atoms with van der Waals surface area (Å²) in [6.45, 7) is 6.27. The molecule has 0 aliphatic carbocycles. The Hall–Kier alpha value is -3.84. The molecule has 4 aromatic rings. The molecule has 0 radical (unpaired) electrons. The zero-order chi connectivity index (χ0) is 25.8. The molecule has 3 aromatic carbocycles. The number of H-pyrrole nitrogens is 1. The average molecular weight is 514 g/mol. The van der Waals surface area contributed by atoms with E-state index < -0.39 is 0 Å². The fourth-order valence-corrected chi connectivity index (χ4v) is 4.93. The summed E-state index contributed by atoms with van der Waals surface area (Å²) in [5.74, 6) is 1.35. The normalized spacial score (nSPS) is 13.2. The third kappa shape index (κ3) is 5.94. The molecule has 2 N–H and O–H groups in total. The maximum absolute atomic E-state index is 13.1. The van der Waals surface area contributed by atoms with Crippen molar-refractivity contribution in [1.82, 2.24) is 15.2 Å². The molecule has 1 unspecified atom stereocenters. The lowest BCUT2D eigenvalue weighted by molar-refractivity contribution is 0.172. The maximum Gasteiger partial charge on any atom is 0.253 e. The Morgan fingerprint density at radius 3 is 2.54 bits per heavy atom. The Bertz CT molecular complexity index is 1470. The van der Waals surface area contributed by atoms with E-state index in [1.54, 1.807) is 0 Å². The Kier molecular flexibility index (Phi) is 7.42. The minimum atomic E-state index is -0.136. The van der Waals surface area contributed by atoms with Gasteiger partial charge in [-0.3, -0.25) is 4.79 Å². The first-order chi connectivity index (χ1) is 18.0. The molecule has 1 aromatic heterocycles. The largest absolute Gasteiger partial charge is 0.486 e. The van der Waals surface area contributed by atoms with E-state index in [4.69, 9.17) is 21.7 Å². The van der Waals surface area contributed by atoms with Crippen LogP contribution in [0.4, 0.5) is 0 Å². The molecule has 7 heteroatoms. The molecule has 0 bridgehead atoms. The number of ether oxygens (including phenoxy) is 2. The zero-order valence-corrected chi connectivity index (χ0v) is 21.9. The molecule has 1 atom stereocenters. The number of thiocarbonyl (C=S) groups is 1. The van der Waals surface area contributed by atoms with Crippen LogP contribution in [-0.2, 0) is 13.0 Å². The van der Waals surface area contributed by atoms with E-state index in [0.717, 1.165) is 22.9 Å². The number of benzene rings is 3. The number of aromatic amines is 1. The van der Waals surface area contributed by atoms with Gasteiger partial charge < -0.3 is 24.7 Å². The third-order valence-corrected chi connectivity index (χ3v) is 7.00. The summed E-state index contributed by atoms with van der Waals surface area (Å²) < 4.78 is 11.4. The molecule has 0 amide bonds. The number of aromatic nitrogens is 1. The zero-order valence-electron chi connectivity index (χ0n) is 21.1. The predicted molar refractivity (Wildman–Crippen MR) is 151 cm³/mol. The van der Waals surface area contributed by atoms with Gasteiger partial charge in [0.1, 0.15) is 13.2 Å². The quantitative estimate of drug-likeness (QED) is 0.328. The second kappa shape index (κ2) is 11.0. The van der Waals surface area contributed by atoms with Crippen LogP contribution in [0.2, 0.25) is 0 Å². The standard InChI is InChI=1S/C30H31N3O3S/c1-20-7-6-8-22(15-20)11-12-33(30(37)31-21(2)23-9-4-3-5-10-23)19-25-16-24-17-27-28(36-14-13-35-27)18-26(24)32-29(25)34/h3-10,15-18,21H,11-14,19H2,1-2H3,(H,31,37)(H,32,34). The van der Waals surface area contributed by atoms with E-state index in [1.807, 2.05) is 36.4 Å². The summed E-state index contributed by atoms with van der Waals surface area (Å²) in [6, 6.07) is 24.4. The van der Waals surface area contributed by atoms with Gasteiger partial charge in [0, 0.05) is 23.6 Å². The van der Waals surface area contributed by atoms with Crippen molar-refractivity contribution < 1.29 is 9.47 Å². The van der Waals surface area contributed by atoms with E-state index in [1.165, 1.54) is 11.1 Å². The van der Waals surface area contributed by atoms with Crippen LogP contribution >= 0.6 is 12.2 Å². The summed E-state index contributed by atoms with van der Waals surface area (Å²) >= 11 is 5.88. The van der Waals surface area contributed by atoms with Gasteiger partial charge in [-0.25, -0.2) is 0 Å². The third-order valence-electron chi connectivity index (χ3n) is 6.62. The highest BCUT2D eigenvalue weighted by atomic mass is 32.1. The summed E-state index contributed by atoms with van der Waals surface area (Å²) in [7, 11) is 0. The fourth-order valence-electron chi connectivity index (χ4n) is 4.60. The van der Waals surface area contributed by atoms with E-state index in [0.29, 0.717) is 48.5 Å². The lowest BCUT2D eigenvalue weighted by Crippen LogP contribution is -2.42. The van der Waals surface area contributed by atoms with E-state index in [2.05, 4.69) is 65.4 Å². The lowest BCUT2D eigenvalue weighted by atomic mass is 10.1. The van der Waals surface area contributed by atoms with Crippen molar-refractivity contribution in [3.8, 4) is 11.5 Å². The average Bonchev–Trinajstić information content (AvgIpc) is 2.90. The molecular formula is C30H31N3O3S. The smallest absolute Gasteiger partial charge is 0.253 e. The van der Waals surface area contributed by atoms with E-state index in [-0.39, 0.29) is 11.6 Å². The highest BCUT2D eigenvalue weighted by Crippen LogP contribution is 2.33. The van der Waals surface area contributed by atoms with Crippen LogP contribution < -0.4 is 20.3 Å². The Morgan fingerprint density at radius 1 is 1.03 bits per heavy atom. The van der Waals surface area contributed by atoms with Crippen LogP contribution in [0.3, 0.4) is 0 Å². The number of aryl methyl sites for hydroxylation is 1. The molecular weight excluding hydrogens is 482 g/mol. The van der Waals surface area contributed by atoms with Gasteiger partial charge in [0.2, 0.25) is 0 Å². The van der Waals surface area contributed by atoms with Gasteiger partial charge in [-0.15, -0.1) is 0 Å². The minimum Gasteiger partial charge on any atom is -0.486 e. The number of nitrogens with one attached hydrogen (secondary N) is 2. The first kappa shape index (κ1) is 24.8. The number of hydrogen-bond acceptors (Lipinski definition) is 4. The fraction of sp³-hybridized carbons (Fsp3) is 0.267. The predicted octanol–water partition coefficient (Wildman–Crippen LogP) is 5.29. The van der Waals surface area contributed by atoms with Gasteiger partial charge in [-0.2, -0.15) is 0 Å². The molecule has 1 aliphatic heterocycles. The first-order valence-electron chi connectivity index (χ1n) is 12.6. The van der Waals surface area contributed by atoms with E-state index in [9.17, 15) is 4.79 Å². The highest BCUT2D eigenvalue weighted by Gasteiger charge is 2.18. The van der Waals surface area contributed by atoms with Gasteiger partial charge in [0.05, 0.1) is 18.1 Å². The Morgan fingerprint density at radius 2 is 1.78 bits per heavy atom. The second-order valence-corrected chi connectivity index (χ2v) is 9.84. The van der Waals surface area contributed by atoms with Crippen molar-refractivity contribution in [3.05, 3.63) is 105 Å². The number of rotatable bonds is 7. The molecule has 6 nitrogen and oxygen atoms in total. The summed E-state index contributed by atoms with van der Waals surface area (Å²) in [5, 5.41) is 4.98. The molecule has 0 saturated heterocycles. The van der Waals surface area contributed by atoms with Crippen LogP contribution in [0, 0.1) is 6.92 Å². The number of nitrogens with zero attached hydrogens (tertiary/aromatic N) is 1. The molecule has 0 spiro atoms. The highest BCUT2D eigenvalue weighted by molar-refractivity contribution is 7.80. The van der Waals surface area contributed by atoms with Crippen LogP contribution in [0.25, 0.3) is 10.9 Å². The van der Waals surface area contributed by atoms with Crippen molar-refractivity contribution in [2.45, 2.75) is 32.9 Å². The number of pyridine rings is 1. The maximum atomic E-state index is 13.1. The van der Waals surface area contributed by atoms with E-state index >= 15 is 0 Å². The number of fused-ring (bicyclic) bond motifs is 2. The van der Waals surface area contributed by atoms with Crippen LogP contribution in [-0.4, -0.2) is 34.8 Å². The second-order valence-electron chi connectivity index (χ2n) is 9.45. The van der Waals surface area contributed by atoms with Crippen molar-refractivity contribution in [2.24, 2.45) is 0 Å². The van der Waals surface area contributed by atoms with Gasteiger partial charge in [-0.05, 0) is 55.7 Å². The van der Waals surface area contributed by atoms with Crippen molar-refractivity contribution in [2.75, 3.05) is 19.8 Å². The molecule has 190 valence electrons. The molecule has 1 aliphatic rings. The van der Waals surface area contributed by atoms with Crippen LogP contribution in [0.5, 0.6) is 11.5 Å². The van der Waals surface area contributed by atoms with Gasteiger partial charge in [-0.1, -0.05) is 60.2 Å². The molecule has 0 fully saturated rings. The van der Waals surface area contributed by atoms with Crippen molar-refractivity contribution in [3.63, 3.8) is 0 Å². The van der Waals surface area contributed by atoms with Crippen molar-refractivity contribution in [1.29, 1.82) is 0 Å². The van der Waals surface area contributed by atoms with Crippen LogP contribution in [0.1, 0.15) is 35.2 Å². The summed E-state index contributed by atoms with van der Waals surface area (Å²) in [5.41, 5.74) is 4.85. The van der Waals surface area contributed by atoms with Crippen LogP contribution in [0.15, 0.2) is 77.6 Å². The first-order valence-corrected chi connectivity index (χ1v) is 13.0. The minimum absolute atomic E-state index is 0.0359. The summed E-state index contributed by atoms with van der Waals surface area (Å²) in [6.07, 6.45) is 0.813. The SMILES string of the molecule is Cc1cccc(CCN(Cc2cc3cc4c(cc3[nH]c2=O)OCCO4)C(=S)NC(C)c2ccccc2)c1. The number of hydrogen-bond donors (Lipinski definition) is 2. The Labute approximate surface area is 222 Å². The Balaban J connectivity index is 1.41. The lowest BCUT2D eigenvalue weighted by Gasteiger charge is -2.28. The molecule has 5 rings (SSSR count). The molecule has 0 saturated carbocycles. The van der Waals surface area contributed by atoms with Crippen molar-refractivity contribution >= 4 is 28.2 Å². The summed E-state index contributed by atoms with van der Waals surface area (Å²) in [4.78, 5) is 18.2. The van der Waals surface area contributed by atoms with Gasteiger partial charge >= 0.3 is 0 Å². The topological polar surface area (TPSA) is 66.6 Å². The monoisotopic (exact) mass is 513 g/mol. The van der Waals surface area contributed by atoms with Gasteiger partial charge in [0.15, 0.2) is 16.6 Å². The van der Waals surface area contributed by atoms with Gasteiger partial charge in [0.25, 0.3) is 5.56 Å².